The summed E-state index contributed by atoms with van der Waals surface area (Å²) in [5.41, 5.74) is -0.497. The monoisotopic (exact) mass is 171 g/mol. The Morgan fingerprint density at radius 3 is 2.42 bits per heavy atom. The summed E-state index contributed by atoms with van der Waals surface area (Å²) in [5, 5.41) is 13.5. The van der Waals surface area contributed by atoms with Gasteiger partial charge in [-0.15, -0.1) is 0 Å². The van der Waals surface area contributed by atoms with Gasteiger partial charge in [-0.3, -0.25) is 0 Å². The van der Waals surface area contributed by atoms with Gasteiger partial charge in [0, 0.05) is 12.6 Å². The largest absolute Gasteiger partial charge is 0.388 e. The van der Waals surface area contributed by atoms with E-state index in [-0.39, 0.29) is 0 Å². The van der Waals surface area contributed by atoms with Gasteiger partial charge >= 0.3 is 0 Å². The maximum atomic E-state index is 10.1. The zero-order chi connectivity index (χ0) is 9.19. The first-order chi connectivity index (χ1) is 5.58. The van der Waals surface area contributed by atoms with E-state index >= 15 is 0 Å². The first-order valence-corrected chi connectivity index (χ1v) is 5.04. The second-order valence-corrected chi connectivity index (χ2v) is 4.27. The highest BCUT2D eigenvalue weighted by Gasteiger charge is 2.31. The standard InChI is InChI=1S/C10H21NO/c1-4-10(12,8(2)3)7-11-9-5-6-9/h8-9,11-12H,4-7H2,1-3H3. The van der Waals surface area contributed by atoms with E-state index in [0.717, 1.165) is 13.0 Å². The van der Waals surface area contributed by atoms with E-state index in [1.807, 2.05) is 0 Å². The Morgan fingerprint density at radius 2 is 2.08 bits per heavy atom. The Balaban J connectivity index is 2.30. The predicted molar refractivity (Wildman–Crippen MR) is 51.1 cm³/mol. The molecule has 2 N–H and O–H groups in total. The molecule has 1 unspecified atom stereocenters. The van der Waals surface area contributed by atoms with E-state index < -0.39 is 5.60 Å². The summed E-state index contributed by atoms with van der Waals surface area (Å²) in [5.74, 6) is 0.341. The molecule has 1 atom stereocenters. The maximum Gasteiger partial charge on any atom is 0.0791 e. The van der Waals surface area contributed by atoms with Crippen LogP contribution >= 0.6 is 0 Å². The Kier molecular flexibility index (Phi) is 3.13. The Morgan fingerprint density at radius 1 is 1.50 bits per heavy atom. The Labute approximate surface area is 75.4 Å². The van der Waals surface area contributed by atoms with Gasteiger partial charge in [-0.25, -0.2) is 0 Å². The second-order valence-electron chi connectivity index (χ2n) is 4.27. The second kappa shape index (κ2) is 3.75. The molecule has 1 saturated carbocycles. The molecule has 1 fully saturated rings. The van der Waals surface area contributed by atoms with Gasteiger partial charge in [0.1, 0.15) is 0 Å². The number of aliphatic hydroxyl groups is 1. The van der Waals surface area contributed by atoms with Gasteiger partial charge in [0.2, 0.25) is 0 Å². The molecule has 1 aliphatic carbocycles. The van der Waals surface area contributed by atoms with E-state index in [1.165, 1.54) is 12.8 Å². The molecule has 0 bridgehead atoms. The molecule has 0 spiro atoms. The first-order valence-electron chi connectivity index (χ1n) is 5.04. The van der Waals surface area contributed by atoms with Gasteiger partial charge in [0.05, 0.1) is 5.60 Å². The van der Waals surface area contributed by atoms with Crippen molar-refractivity contribution in [3.63, 3.8) is 0 Å². The smallest absolute Gasteiger partial charge is 0.0791 e. The van der Waals surface area contributed by atoms with Crippen LogP contribution in [0.1, 0.15) is 40.0 Å². The summed E-state index contributed by atoms with van der Waals surface area (Å²) in [6, 6.07) is 0.696. The van der Waals surface area contributed by atoms with Gasteiger partial charge in [-0.05, 0) is 25.2 Å². The lowest BCUT2D eigenvalue weighted by Crippen LogP contribution is -2.45. The average molecular weight is 171 g/mol. The van der Waals surface area contributed by atoms with Gasteiger partial charge in [0.15, 0.2) is 0 Å². The van der Waals surface area contributed by atoms with Crippen molar-refractivity contribution in [1.29, 1.82) is 0 Å². The number of nitrogens with one attached hydrogen (secondary N) is 1. The van der Waals surface area contributed by atoms with Crippen LogP contribution in [0.15, 0.2) is 0 Å². The topological polar surface area (TPSA) is 32.3 Å². The highest BCUT2D eigenvalue weighted by molar-refractivity contribution is 4.88. The molecule has 0 aromatic carbocycles. The third kappa shape index (κ3) is 2.46. The van der Waals surface area contributed by atoms with Crippen molar-refractivity contribution in [3.05, 3.63) is 0 Å². The van der Waals surface area contributed by atoms with E-state index in [1.54, 1.807) is 0 Å². The van der Waals surface area contributed by atoms with Crippen molar-refractivity contribution in [2.75, 3.05) is 6.54 Å². The molecule has 2 nitrogen and oxygen atoms in total. The summed E-state index contributed by atoms with van der Waals surface area (Å²) < 4.78 is 0. The molecule has 12 heavy (non-hydrogen) atoms. The molecule has 0 radical (unpaired) electrons. The molecule has 0 aromatic rings. The highest BCUT2D eigenvalue weighted by atomic mass is 16.3. The number of rotatable bonds is 5. The van der Waals surface area contributed by atoms with Crippen LogP contribution in [-0.4, -0.2) is 23.3 Å². The zero-order valence-electron chi connectivity index (χ0n) is 8.43. The fraction of sp³-hybridized carbons (Fsp3) is 1.00. The van der Waals surface area contributed by atoms with Crippen LogP contribution in [0.2, 0.25) is 0 Å². The minimum Gasteiger partial charge on any atom is -0.388 e. The van der Waals surface area contributed by atoms with Crippen LogP contribution in [0.5, 0.6) is 0 Å². The third-order valence-corrected chi connectivity index (χ3v) is 2.96. The number of hydrogen-bond acceptors (Lipinski definition) is 2. The molecule has 0 heterocycles. The molecule has 72 valence electrons. The SMILES string of the molecule is CCC(O)(CNC1CC1)C(C)C. The molecule has 0 amide bonds. The van der Waals surface area contributed by atoms with Crippen LogP contribution in [0, 0.1) is 5.92 Å². The number of hydrogen-bond donors (Lipinski definition) is 2. The molecule has 2 heteroatoms. The quantitative estimate of drug-likeness (QED) is 0.657. The van der Waals surface area contributed by atoms with Crippen molar-refractivity contribution in [3.8, 4) is 0 Å². The van der Waals surface area contributed by atoms with Gasteiger partial charge in [-0.2, -0.15) is 0 Å². The Hall–Kier alpha value is -0.0800. The maximum absolute atomic E-state index is 10.1. The lowest BCUT2D eigenvalue weighted by molar-refractivity contribution is -0.00788. The van der Waals surface area contributed by atoms with Gasteiger partial charge in [-0.1, -0.05) is 20.8 Å². The molecule has 0 saturated heterocycles. The average Bonchev–Trinajstić information content (AvgIpc) is 2.83. The van der Waals surface area contributed by atoms with Crippen LogP contribution in [0.4, 0.5) is 0 Å². The van der Waals surface area contributed by atoms with Crippen molar-refractivity contribution >= 4 is 0 Å². The molecule has 0 aromatic heterocycles. The molecule has 0 aliphatic heterocycles. The summed E-state index contributed by atoms with van der Waals surface area (Å²) in [6.07, 6.45) is 3.42. The van der Waals surface area contributed by atoms with Crippen molar-refractivity contribution in [1.82, 2.24) is 5.32 Å². The fourth-order valence-electron chi connectivity index (χ4n) is 1.35. The molecular formula is C10H21NO. The molecule has 1 aliphatic rings. The van der Waals surface area contributed by atoms with Crippen molar-refractivity contribution in [2.24, 2.45) is 5.92 Å². The van der Waals surface area contributed by atoms with E-state index in [2.05, 4.69) is 26.1 Å². The van der Waals surface area contributed by atoms with Gasteiger partial charge < -0.3 is 10.4 Å². The highest BCUT2D eigenvalue weighted by Crippen LogP contribution is 2.23. The first kappa shape index (κ1) is 10.0. The fourth-order valence-corrected chi connectivity index (χ4v) is 1.35. The van der Waals surface area contributed by atoms with E-state index in [0.29, 0.717) is 12.0 Å². The van der Waals surface area contributed by atoms with E-state index in [9.17, 15) is 5.11 Å². The lowest BCUT2D eigenvalue weighted by atomic mass is 9.88. The lowest BCUT2D eigenvalue weighted by Gasteiger charge is -2.31. The van der Waals surface area contributed by atoms with Crippen LogP contribution < -0.4 is 5.32 Å². The van der Waals surface area contributed by atoms with Gasteiger partial charge in [0.25, 0.3) is 0 Å². The minimum atomic E-state index is -0.497. The predicted octanol–water partition coefficient (Wildman–Crippen LogP) is 1.54. The van der Waals surface area contributed by atoms with Crippen molar-refractivity contribution in [2.45, 2.75) is 51.7 Å². The zero-order valence-corrected chi connectivity index (χ0v) is 8.43. The van der Waals surface area contributed by atoms with Crippen LogP contribution in [0.3, 0.4) is 0 Å². The minimum absolute atomic E-state index is 0.341. The van der Waals surface area contributed by atoms with Crippen molar-refractivity contribution < 1.29 is 5.11 Å². The third-order valence-electron chi connectivity index (χ3n) is 2.96. The summed E-state index contributed by atoms with van der Waals surface area (Å²) >= 11 is 0. The normalized spacial score (nSPS) is 22.8. The molecule has 1 rings (SSSR count). The summed E-state index contributed by atoms with van der Waals surface area (Å²) in [7, 11) is 0. The summed E-state index contributed by atoms with van der Waals surface area (Å²) in [6.45, 7) is 6.97. The Bertz CT molecular complexity index is 143. The molecular weight excluding hydrogens is 150 g/mol. The summed E-state index contributed by atoms with van der Waals surface area (Å²) in [4.78, 5) is 0. The van der Waals surface area contributed by atoms with E-state index in [4.69, 9.17) is 0 Å². The van der Waals surface area contributed by atoms with Crippen LogP contribution in [-0.2, 0) is 0 Å². The van der Waals surface area contributed by atoms with Crippen LogP contribution in [0.25, 0.3) is 0 Å².